The van der Waals surface area contributed by atoms with Gasteiger partial charge in [0.15, 0.2) is 0 Å². The molecule has 1 heterocycles. The van der Waals surface area contributed by atoms with Gasteiger partial charge in [-0.25, -0.2) is 4.79 Å². The molecule has 0 radical (unpaired) electrons. The summed E-state index contributed by atoms with van der Waals surface area (Å²) in [5, 5.41) is 6.03. The van der Waals surface area contributed by atoms with E-state index in [1.165, 1.54) is 12.0 Å². The van der Waals surface area contributed by atoms with E-state index in [0.29, 0.717) is 42.7 Å². The number of hydrogen-bond acceptors (Lipinski definition) is 5. The monoisotopic (exact) mass is 595 g/mol. The summed E-state index contributed by atoms with van der Waals surface area (Å²) < 4.78 is 5.36. The van der Waals surface area contributed by atoms with Gasteiger partial charge < -0.3 is 25.1 Å². The van der Waals surface area contributed by atoms with E-state index in [2.05, 4.69) is 22.8 Å². The molecule has 3 amide bonds. The number of ether oxygens (including phenoxy) is 1. The van der Waals surface area contributed by atoms with Crippen LogP contribution in [0.15, 0.2) is 54.6 Å². The van der Waals surface area contributed by atoms with E-state index in [1.807, 2.05) is 23.1 Å². The number of amides is 3. The summed E-state index contributed by atoms with van der Waals surface area (Å²) in [7, 11) is 0. The molecular formula is C33H42ClN3O5. The number of nitrogens with zero attached hydrogens (tertiary/aromatic N) is 1. The SMILES string of the molecule is O=C[C@H](CCC(=O)N1CCCC(c2ccccc2)C1)NC(=O)[C@H](CC1CCCCC1)NC(=O)OCc1cccc(Cl)c1. The molecule has 1 saturated heterocycles. The maximum Gasteiger partial charge on any atom is 0.408 e. The Morgan fingerprint density at radius 1 is 0.976 bits per heavy atom. The molecule has 2 aromatic carbocycles. The molecule has 0 spiro atoms. The first-order chi connectivity index (χ1) is 20.4. The second kappa shape index (κ2) is 16.3. The maximum atomic E-state index is 13.3. The molecule has 0 aromatic heterocycles. The number of carbonyl (C=O) groups is 4. The first-order valence-electron chi connectivity index (χ1n) is 15.2. The average molecular weight is 596 g/mol. The first kappa shape index (κ1) is 31.5. The van der Waals surface area contributed by atoms with Gasteiger partial charge in [-0.1, -0.05) is 86.2 Å². The topological polar surface area (TPSA) is 105 Å². The standard InChI is InChI=1S/C33H42ClN3O5/c34-28-15-7-11-25(19-28)23-42-33(41)36-30(20-24-9-3-1-4-10-24)32(40)35-29(22-38)16-17-31(39)37-18-8-14-27(21-37)26-12-5-2-6-13-26/h2,5-7,11-13,15,19,22,24,27,29-30H,1,3-4,8-10,14,16-18,20-21,23H2,(H,35,40)(H,36,41)/t27?,29-,30-/m0/s1. The smallest absolute Gasteiger partial charge is 0.408 e. The van der Waals surface area contributed by atoms with Gasteiger partial charge in [0, 0.05) is 30.5 Å². The zero-order chi connectivity index (χ0) is 29.7. The van der Waals surface area contributed by atoms with Crippen molar-refractivity contribution in [3.05, 3.63) is 70.7 Å². The molecule has 1 aliphatic heterocycles. The Balaban J connectivity index is 1.30. The molecule has 4 rings (SSSR count). The molecule has 2 N–H and O–H groups in total. The second-order valence-electron chi connectivity index (χ2n) is 11.5. The van der Waals surface area contributed by atoms with E-state index in [9.17, 15) is 19.2 Å². The Kier molecular flexibility index (Phi) is 12.2. The highest BCUT2D eigenvalue weighted by Gasteiger charge is 2.29. The van der Waals surface area contributed by atoms with Crippen LogP contribution in [0, 0.1) is 5.92 Å². The predicted molar refractivity (Wildman–Crippen MR) is 162 cm³/mol. The molecule has 8 nitrogen and oxygen atoms in total. The van der Waals surface area contributed by atoms with Crippen LogP contribution in [0.4, 0.5) is 4.79 Å². The van der Waals surface area contributed by atoms with Crippen LogP contribution < -0.4 is 10.6 Å². The molecule has 2 aliphatic rings. The van der Waals surface area contributed by atoms with E-state index in [0.717, 1.165) is 44.1 Å². The van der Waals surface area contributed by atoms with E-state index in [1.54, 1.807) is 24.3 Å². The van der Waals surface area contributed by atoms with Crippen LogP contribution in [0.25, 0.3) is 0 Å². The van der Waals surface area contributed by atoms with Gasteiger partial charge in [0.05, 0.1) is 6.04 Å². The van der Waals surface area contributed by atoms with Crippen LogP contribution >= 0.6 is 11.6 Å². The highest BCUT2D eigenvalue weighted by Crippen LogP contribution is 2.28. The van der Waals surface area contributed by atoms with Gasteiger partial charge in [-0.2, -0.15) is 0 Å². The van der Waals surface area contributed by atoms with Crippen molar-refractivity contribution in [2.45, 2.75) is 88.8 Å². The Hall–Kier alpha value is -3.39. The lowest BCUT2D eigenvalue weighted by atomic mass is 9.84. The summed E-state index contributed by atoms with van der Waals surface area (Å²) in [5.41, 5.74) is 1.97. The molecule has 9 heteroatoms. The fourth-order valence-electron chi connectivity index (χ4n) is 6.04. The lowest BCUT2D eigenvalue weighted by molar-refractivity contribution is -0.133. The van der Waals surface area contributed by atoms with Gasteiger partial charge in [-0.15, -0.1) is 0 Å². The van der Waals surface area contributed by atoms with Gasteiger partial charge in [-0.3, -0.25) is 9.59 Å². The van der Waals surface area contributed by atoms with Crippen molar-refractivity contribution in [3.8, 4) is 0 Å². The van der Waals surface area contributed by atoms with Gasteiger partial charge in [-0.05, 0) is 54.9 Å². The fourth-order valence-corrected chi connectivity index (χ4v) is 6.26. The Labute approximate surface area is 253 Å². The highest BCUT2D eigenvalue weighted by atomic mass is 35.5. The van der Waals surface area contributed by atoms with Gasteiger partial charge in [0.25, 0.3) is 0 Å². The number of piperidine rings is 1. The van der Waals surface area contributed by atoms with Crippen molar-refractivity contribution in [3.63, 3.8) is 0 Å². The van der Waals surface area contributed by atoms with Crippen LogP contribution in [0.1, 0.15) is 81.3 Å². The third-order valence-electron chi connectivity index (χ3n) is 8.37. The van der Waals surface area contributed by atoms with Gasteiger partial charge in [0.2, 0.25) is 11.8 Å². The largest absolute Gasteiger partial charge is 0.445 e. The van der Waals surface area contributed by atoms with Crippen molar-refractivity contribution < 1.29 is 23.9 Å². The van der Waals surface area contributed by atoms with Crippen LogP contribution in [0.5, 0.6) is 0 Å². The van der Waals surface area contributed by atoms with Gasteiger partial charge in [0.1, 0.15) is 18.9 Å². The molecule has 3 atom stereocenters. The number of likely N-dealkylation sites (tertiary alicyclic amines) is 1. The number of carbonyl (C=O) groups excluding carboxylic acids is 4. The number of nitrogens with one attached hydrogen (secondary N) is 2. The van der Waals surface area contributed by atoms with E-state index < -0.39 is 24.1 Å². The predicted octanol–water partition coefficient (Wildman–Crippen LogP) is 5.78. The molecule has 1 saturated carbocycles. The summed E-state index contributed by atoms with van der Waals surface area (Å²) >= 11 is 6.02. The number of aldehydes is 1. The fraction of sp³-hybridized carbons (Fsp3) is 0.515. The lowest BCUT2D eigenvalue weighted by Crippen LogP contribution is -2.51. The average Bonchev–Trinajstić information content (AvgIpc) is 3.02. The zero-order valence-corrected chi connectivity index (χ0v) is 24.9. The molecule has 226 valence electrons. The molecule has 1 aliphatic carbocycles. The number of alkyl carbamates (subject to hydrolysis) is 1. The van der Waals surface area contributed by atoms with Crippen molar-refractivity contribution >= 4 is 35.8 Å². The Morgan fingerprint density at radius 3 is 2.50 bits per heavy atom. The van der Waals surface area contributed by atoms with E-state index in [4.69, 9.17) is 16.3 Å². The number of benzene rings is 2. The van der Waals surface area contributed by atoms with Crippen LogP contribution in [0.2, 0.25) is 5.02 Å². The van der Waals surface area contributed by atoms with E-state index in [-0.39, 0.29) is 25.4 Å². The summed E-state index contributed by atoms with van der Waals surface area (Å²) in [6, 6.07) is 15.6. The maximum absolute atomic E-state index is 13.3. The summed E-state index contributed by atoms with van der Waals surface area (Å²) in [6.07, 6.45) is 8.12. The van der Waals surface area contributed by atoms with Crippen molar-refractivity contribution in [1.82, 2.24) is 15.5 Å². The zero-order valence-electron chi connectivity index (χ0n) is 24.1. The van der Waals surface area contributed by atoms with Crippen molar-refractivity contribution in [2.24, 2.45) is 5.92 Å². The molecule has 2 aromatic rings. The molecule has 2 fully saturated rings. The van der Waals surface area contributed by atoms with Crippen LogP contribution in [-0.2, 0) is 25.7 Å². The summed E-state index contributed by atoms with van der Waals surface area (Å²) in [4.78, 5) is 52.8. The lowest BCUT2D eigenvalue weighted by Gasteiger charge is -2.33. The number of rotatable bonds is 12. The molecule has 42 heavy (non-hydrogen) atoms. The Morgan fingerprint density at radius 2 is 1.76 bits per heavy atom. The number of halogens is 1. The minimum Gasteiger partial charge on any atom is -0.445 e. The van der Waals surface area contributed by atoms with E-state index >= 15 is 0 Å². The second-order valence-corrected chi connectivity index (χ2v) is 12.0. The quantitative estimate of drug-likeness (QED) is 0.303. The normalized spacial score (nSPS) is 18.9. The third kappa shape index (κ3) is 9.86. The summed E-state index contributed by atoms with van der Waals surface area (Å²) in [5.74, 6) is 0.150. The molecular weight excluding hydrogens is 554 g/mol. The van der Waals surface area contributed by atoms with Crippen LogP contribution in [0.3, 0.4) is 0 Å². The van der Waals surface area contributed by atoms with Crippen LogP contribution in [-0.4, -0.2) is 54.3 Å². The highest BCUT2D eigenvalue weighted by molar-refractivity contribution is 6.30. The summed E-state index contributed by atoms with van der Waals surface area (Å²) in [6.45, 7) is 1.38. The van der Waals surface area contributed by atoms with Crippen molar-refractivity contribution in [2.75, 3.05) is 13.1 Å². The Bertz CT molecular complexity index is 1190. The molecule has 0 bridgehead atoms. The molecule has 1 unspecified atom stereocenters. The minimum absolute atomic E-state index is 0.0156. The van der Waals surface area contributed by atoms with Gasteiger partial charge >= 0.3 is 6.09 Å². The third-order valence-corrected chi connectivity index (χ3v) is 8.60. The van der Waals surface area contributed by atoms with Crippen molar-refractivity contribution in [1.29, 1.82) is 0 Å². The number of hydrogen-bond donors (Lipinski definition) is 2. The minimum atomic E-state index is -0.841. The first-order valence-corrected chi connectivity index (χ1v) is 15.5.